The maximum absolute atomic E-state index is 11.4. The number of nitrogens with one attached hydrogen (secondary N) is 2. The van der Waals surface area contributed by atoms with Gasteiger partial charge in [-0.3, -0.25) is 9.48 Å². The molecule has 11 nitrogen and oxygen atoms in total. The zero-order chi connectivity index (χ0) is 27.0. The van der Waals surface area contributed by atoms with Crippen molar-refractivity contribution in [2.75, 3.05) is 23.8 Å². The monoisotopic (exact) mass is 518 g/mol. The van der Waals surface area contributed by atoms with Crippen LogP contribution in [0.3, 0.4) is 0 Å². The molecule has 0 radical (unpaired) electrons. The number of nitrogens with zero attached hydrogens (tertiary/aromatic N) is 6. The Balaban J connectivity index is 1.42. The molecule has 2 N–H and O–H groups in total. The number of carbonyl (C=O) groups is 1. The molecule has 4 aromatic heterocycles. The molecule has 1 aliphatic heterocycles. The highest BCUT2D eigenvalue weighted by molar-refractivity contribution is 5.87. The summed E-state index contributed by atoms with van der Waals surface area (Å²) in [7, 11) is 1.94. The number of hydrogen-bond acceptors (Lipinski definition) is 8. The van der Waals surface area contributed by atoms with E-state index < -0.39 is 0 Å². The summed E-state index contributed by atoms with van der Waals surface area (Å²) in [5, 5.41) is 11.0. The Morgan fingerprint density at radius 1 is 1.24 bits per heavy atom. The molecular weight excluding hydrogens is 484 g/mol. The van der Waals surface area contributed by atoms with Crippen LogP contribution < -0.4 is 15.4 Å². The molecule has 0 bridgehead atoms. The van der Waals surface area contributed by atoms with E-state index in [1.54, 1.807) is 24.5 Å². The topological polar surface area (TPSA) is 121 Å². The van der Waals surface area contributed by atoms with Gasteiger partial charge in [0.15, 0.2) is 17.2 Å². The molecule has 0 saturated carbocycles. The number of aryl methyl sites for hydroxylation is 2. The van der Waals surface area contributed by atoms with Gasteiger partial charge in [-0.1, -0.05) is 20.8 Å². The molecule has 1 aliphatic rings. The number of anilines is 3. The Hall–Kier alpha value is -3.99. The molecule has 200 valence electrons. The second-order valence-corrected chi connectivity index (χ2v) is 10.8. The van der Waals surface area contributed by atoms with Crippen molar-refractivity contribution in [3.8, 4) is 11.5 Å². The fourth-order valence-electron chi connectivity index (χ4n) is 4.70. The Kier molecular flexibility index (Phi) is 6.78. The van der Waals surface area contributed by atoms with Crippen LogP contribution in [0.4, 0.5) is 17.6 Å². The molecule has 0 aliphatic carbocycles. The van der Waals surface area contributed by atoms with Crippen LogP contribution in [0.15, 0.2) is 30.6 Å². The minimum absolute atomic E-state index is 0.0596. The summed E-state index contributed by atoms with van der Waals surface area (Å²) < 4.78 is 15.7. The molecule has 5 heterocycles. The summed E-state index contributed by atoms with van der Waals surface area (Å²) in [5.74, 6) is 3.20. The van der Waals surface area contributed by atoms with Crippen molar-refractivity contribution in [2.24, 2.45) is 13.0 Å². The second-order valence-electron chi connectivity index (χ2n) is 10.8. The van der Waals surface area contributed by atoms with E-state index in [9.17, 15) is 4.79 Å². The number of amides is 1. The van der Waals surface area contributed by atoms with E-state index in [2.05, 4.69) is 52.1 Å². The molecule has 0 spiro atoms. The highest BCUT2D eigenvalue weighted by Gasteiger charge is 2.25. The first kappa shape index (κ1) is 25.7. The van der Waals surface area contributed by atoms with Crippen molar-refractivity contribution < 1.29 is 14.3 Å². The van der Waals surface area contributed by atoms with E-state index in [0.29, 0.717) is 34.8 Å². The third-order valence-electron chi connectivity index (χ3n) is 6.61. The van der Waals surface area contributed by atoms with Gasteiger partial charge in [-0.15, -0.1) is 0 Å². The van der Waals surface area contributed by atoms with Crippen LogP contribution in [0.1, 0.15) is 45.4 Å². The van der Waals surface area contributed by atoms with E-state index >= 15 is 0 Å². The van der Waals surface area contributed by atoms with Crippen molar-refractivity contribution in [2.45, 2.75) is 53.0 Å². The molecule has 4 aromatic rings. The second kappa shape index (κ2) is 10.1. The van der Waals surface area contributed by atoms with E-state index in [1.165, 1.54) is 6.92 Å². The number of carbonyl (C=O) groups excluding carboxylic acids is 1. The molecule has 1 amide bonds. The molecular formula is C27H34N8O3. The third kappa shape index (κ3) is 5.33. The summed E-state index contributed by atoms with van der Waals surface area (Å²) in [4.78, 5) is 24.8. The number of rotatable bonds is 7. The van der Waals surface area contributed by atoms with Gasteiger partial charge in [0.25, 0.3) is 0 Å². The predicted molar refractivity (Wildman–Crippen MR) is 145 cm³/mol. The van der Waals surface area contributed by atoms with Crippen molar-refractivity contribution in [1.29, 1.82) is 0 Å². The van der Waals surface area contributed by atoms with Gasteiger partial charge in [0, 0.05) is 68.0 Å². The summed E-state index contributed by atoms with van der Waals surface area (Å²) >= 11 is 0. The maximum Gasteiger partial charge on any atom is 0.222 e. The molecule has 0 unspecified atom stereocenters. The normalized spacial score (nSPS) is 15.7. The van der Waals surface area contributed by atoms with Crippen LogP contribution in [0.5, 0.6) is 11.5 Å². The Bertz CT molecular complexity index is 1480. The van der Waals surface area contributed by atoms with Crippen LogP contribution >= 0.6 is 0 Å². The van der Waals surface area contributed by atoms with Gasteiger partial charge in [0.2, 0.25) is 11.9 Å². The van der Waals surface area contributed by atoms with Crippen molar-refractivity contribution in [3.63, 3.8) is 0 Å². The van der Waals surface area contributed by atoms with E-state index in [-0.39, 0.29) is 11.3 Å². The van der Waals surface area contributed by atoms with E-state index in [4.69, 9.17) is 19.6 Å². The first-order valence-electron chi connectivity index (χ1n) is 12.7. The highest BCUT2D eigenvalue weighted by atomic mass is 16.5. The zero-order valence-corrected chi connectivity index (χ0v) is 22.7. The van der Waals surface area contributed by atoms with Crippen LogP contribution in [0, 0.1) is 12.8 Å². The molecule has 0 aromatic carbocycles. The summed E-state index contributed by atoms with van der Waals surface area (Å²) in [5.41, 5.74) is 3.44. The predicted octanol–water partition coefficient (Wildman–Crippen LogP) is 4.70. The van der Waals surface area contributed by atoms with Gasteiger partial charge in [-0.05, 0) is 19.4 Å². The van der Waals surface area contributed by atoms with Crippen molar-refractivity contribution in [1.82, 2.24) is 29.3 Å². The number of ether oxygens (including phenoxy) is 2. The first-order valence-corrected chi connectivity index (χ1v) is 12.7. The fraction of sp³-hybridized carbons (Fsp3) is 0.444. The number of imidazole rings is 1. The number of aromatic nitrogens is 6. The molecule has 1 fully saturated rings. The lowest BCUT2D eigenvalue weighted by Crippen LogP contribution is -2.21. The van der Waals surface area contributed by atoms with Gasteiger partial charge in [-0.2, -0.15) is 10.1 Å². The van der Waals surface area contributed by atoms with Crippen LogP contribution in [0.25, 0.3) is 11.2 Å². The lowest BCUT2D eigenvalue weighted by molar-refractivity contribution is -0.114. The van der Waals surface area contributed by atoms with Crippen LogP contribution in [-0.4, -0.2) is 48.4 Å². The highest BCUT2D eigenvalue weighted by Crippen LogP contribution is 2.33. The zero-order valence-electron chi connectivity index (χ0n) is 22.7. The molecule has 1 atom stereocenters. The fourth-order valence-corrected chi connectivity index (χ4v) is 4.70. The average molecular weight is 519 g/mol. The summed E-state index contributed by atoms with van der Waals surface area (Å²) in [6.45, 7) is 12.4. The minimum atomic E-state index is -0.198. The SMILES string of the molecule is CC(=O)Nc1cc(Oc2cnc3nc(Nc4cc(C(C)(C)C)n(C[C@@H]5CCOC5)n4)n(C)c3c2C)ccn1. The standard InChI is InChI=1S/C27H34N8O3/c1-16-20(38-19-7-9-28-22(11-19)30-17(2)36)13-29-25-24(16)34(6)26(32-25)31-23-12-21(27(3,4)5)35(33-23)14-18-8-10-37-15-18/h7,9,11-13,18H,8,10,14-15H2,1-6H3,(H,28,30,36)(H,29,31,32,33)/t18-/m0/s1. The Labute approximate surface area is 221 Å². The minimum Gasteiger partial charge on any atom is -0.455 e. The summed E-state index contributed by atoms with van der Waals surface area (Å²) in [6.07, 6.45) is 4.29. The van der Waals surface area contributed by atoms with Crippen LogP contribution in [0.2, 0.25) is 0 Å². The van der Waals surface area contributed by atoms with Crippen molar-refractivity contribution >= 4 is 34.7 Å². The summed E-state index contributed by atoms with van der Waals surface area (Å²) in [6, 6.07) is 5.49. The van der Waals surface area contributed by atoms with Gasteiger partial charge >= 0.3 is 0 Å². The molecule has 38 heavy (non-hydrogen) atoms. The van der Waals surface area contributed by atoms with Crippen LogP contribution in [-0.2, 0) is 28.5 Å². The van der Waals surface area contributed by atoms with E-state index in [0.717, 1.165) is 48.8 Å². The molecule has 11 heteroatoms. The lowest BCUT2D eigenvalue weighted by Gasteiger charge is -2.21. The Morgan fingerprint density at radius 2 is 2.05 bits per heavy atom. The van der Waals surface area contributed by atoms with Gasteiger partial charge in [-0.25, -0.2) is 9.97 Å². The van der Waals surface area contributed by atoms with E-state index in [1.807, 2.05) is 18.5 Å². The van der Waals surface area contributed by atoms with Gasteiger partial charge < -0.3 is 24.7 Å². The molecule has 5 rings (SSSR count). The number of hydrogen-bond donors (Lipinski definition) is 2. The smallest absolute Gasteiger partial charge is 0.222 e. The lowest BCUT2D eigenvalue weighted by atomic mass is 9.92. The van der Waals surface area contributed by atoms with Gasteiger partial charge in [0.05, 0.1) is 18.3 Å². The largest absolute Gasteiger partial charge is 0.455 e. The quantitative estimate of drug-likeness (QED) is 0.361. The Morgan fingerprint density at radius 3 is 2.76 bits per heavy atom. The number of fused-ring (bicyclic) bond motifs is 1. The number of pyridine rings is 2. The van der Waals surface area contributed by atoms with Crippen molar-refractivity contribution in [3.05, 3.63) is 41.9 Å². The molecule has 1 saturated heterocycles. The third-order valence-corrected chi connectivity index (χ3v) is 6.61. The van der Waals surface area contributed by atoms with Gasteiger partial charge in [0.1, 0.15) is 11.6 Å². The average Bonchev–Trinajstić information content (AvgIpc) is 3.56. The maximum atomic E-state index is 11.4. The first-order chi connectivity index (χ1) is 18.1.